The zero-order chi connectivity index (χ0) is 14.8. The van der Waals surface area contributed by atoms with Crippen LogP contribution in [0, 0.1) is 5.82 Å². The Labute approximate surface area is 125 Å². The Morgan fingerprint density at radius 3 is 2.57 bits per heavy atom. The van der Waals surface area contributed by atoms with Crippen LogP contribution in [0.3, 0.4) is 0 Å². The van der Waals surface area contributed by atoms with Crippen molar-refractivity contribution in [1.82, 2.24) is 5.32 Å². The summed E-state index contributed by atoms with van der Waals surface area (Å²) in [6.45, 7) is 2.48. The molecular weight excluding hydrogens is 269 g/mol. The minimum atomic E-state index is -0.232. The fourth-order valence-electron chi connectivity index (χ4n) is 2.05. The minimum absolute atomic E-state index is 0.232. The average Bonchev–Trinajstić information content (AvgIpc) is 3.01. The van der Waals surface area contributed by atoms with Crippen molar-refractivity contribution >= 4 is 0 Å². The van der Waals surface area contributed by atoms with Crippen LogP contribution < -0.4 is 10.1 Å². The van der Waals surface area contributed by atoms with Crippen LogP contribution >= 0.6 is 0 Å². The Kier molecular flexibility index (Phi) is 6.81. The lowest BCUT2D eigenvalue weighted by atomic mass is 10.2. The number of ether oxygens (including phenoxy) is 1. The molecule has 0 radical (unpaired) electrons. The summed E-state index contributed by atoms with van der Waals surface area (Å²) in [7, 11) is 0. The van der Waals surface area contributed by atoms with Crippen LogP contribution in [0.1, 0.15) is 31.4 Å². The first-order valence-electron chi connectivity index (χ1n) is 7.46. The number of hydrogen-bond acceptors (Lipinski definition) is 3. The highest BCUT2D eigenvalue weighted by Crippen LogP contribution is 2.11. The second kappa shape index (κ2) is 9.19. The van der Waals surface area contributed by atoms with Gasteiger partial charge in [0, 0.05) is 0 Å². The monoisotopic (exact) mass is 291 g/mol. The average molecular weight is 291 g/mol. The molecule has 114 valence electrons. The summed E-state index contributed by atoms with van der Waals surface area (Å²) in [5.74, 6) is 1.48. The van der Waals surface area contributed by atoms with E-state index in [0.717, 1.165) is 43.9 Å². The third kappa shape index (κ3) is 6.45. The number of halogens is 1. The van der Waals surface area contributed by atoms with Crippen LogP contribution in [-0.2, 0) is 6.54 Å². The van der Waals surface area contributed by atoms with Crippen molar-refractivity contribution in [3.63, 3.8) is 0 Å². The van der Waals surface area contributed by atoms with Crippen molar-refractivity contribution in [3.8, 4) is 5.75 Å². The number of nitrogens with one attached hydrogen (secondary N) is 1. The Balaban J connectivity index is 1.41. The molecule has 2 rings (SSSR count). The summed E-state index contributed by atoms with van der Waals surface area (Å²) in [4.78, 5) is 0. The van der Waals surface area contributed by atoms with E-state index in [2.05, 4.69) is 5.32 Å². The molecule has 1 heterocycles. The van der Waals surface area contributed by atoms with Crippen molar-refractivity contribution < 1.29 is 13.5 Å². The van der Waals surface area contributed by atoms with E-state index in [4.69, 9.17) is 9.15 Å². The van der Waals surface area contributed by atoms with Crippen molar-refractivity contribution in [3.05, 3.63) is 54.2 Å². The largest absolute Gasteiger partial charge is 0.494 e. The van der Waals surface area contributed by atoms with E-state index in [1.807, 2.05) is 12.1 Å². The maximum atomic E-state index is 12.7. The molecule has 0 spiro atoms. The van der Waals surface area contributed by atoms with Crippen molar-refractivity contribution in [2.75, 3.05) is 13.2 Å². The molecule has 0 aliphatic carbocycles. The van der Waals surface area contributed by atoms with Crippen LogP contribution in [0.15, 0.2) is 47.1 Å². The van der Waals surface area contributed by atoms with Gasteiger partial charge in [-0.2, -0.15) is 0 Å². The first kappa shape index (κ1) is 15.6. The van der Waals surface area contributed by atoms with Gasteiger partial charge in [-0.25, -0.2) is 4.39 Å². The van der Waals surface area contributed by atoms with Gasteiger partial charge in [-0.05, 0) is 55.8 Å². The molecule has 0 saturated carbocycles. The van der Waals surface area contributed by atoms with Crippen molar-refractivity contribution in [2.24, 2.45) is 0 Å². The number of hydrogen-bond donors (Lipinski definition) is 1. The highest BCUT2D eigenvalue weighted by Gasteiger charge is 1.96. The highest BCUT2D eigenvalue weighted by molar-refractivity contribution is 5.21. The lowest BCUT2D eigenvalue weighted by Gasteiger charge is -2.06. The van der Waals surface area contributed by atoms with E-state index in [0.29, 0.717) is 6.61 Å². The van der Waals surface area contributed by atoms with E-state index < -0.39 is 0 Å². The molecule has 1 aromatic carbocycles. The summed E-state index contributed by atoms with van der Waals surface area (Å²) in [5.41, 5.74) is 0. The molecule has 4 heteroatoms. The molecule has 0 bridgehead atoms. The topological polar surface area (TPSA) is 34.4 Å². The quantitative estimate of drug-likeness (QED) is 0.668. The maximum absolute atomic E-state index is 12.7. The lowest BCUT2D eigenvalue weighted by Crippen LogP contribution is -2.14. The van der Waals surface area contributed by atoms with Gasteiger partial charge in [-0.15, -0.1) is 0 Å². The Morgan fingerprint density at radius 1 is 1.00 bits per heavy atom. The summed E-state index contributed by atoms with van der Waals surface area (Å²) in [5, 5.41) is 3.35. The van der Waals surface area contributed by atoms with E-state index in [1.165, 1.54) is 18.6 Å². The molecule has 0 aliphatic rings. The molecule has 0 fully saturated rings. The smallest absolute Gasteiger partial charge is 0.123 e. The fraction of sp³-hybridized carbons (Fsp3) is 0.412. The van der Waals surface area contributed by atoms with Crippen LogP contribution in [0.25, 0.3) is 0 Å². The first-order chi connectivity index (χ1) is 10.3. The van der Waals surface area contributed by atoms with Crippen LogP contribution in [0.2, 0.25) is 0 Å². The molecule has 2 aromatic rings. The first-order valence-corrected chi connectivity index (χ1v) is 7.46. The Bertz CT molecular complexity index is 482. The SMILES string of the molecule is Fc1ccc(OCCCCCCNCc2ccco2)cc1. The zero-order valence-electron chi connectivity index (χ0n) is 12.2. The number of benzene rings is 1. The second-order valence-electron chi connectivity index (χ2n) is 4.97. The third-order valence-electron chi connectivity index (χ3n) is 3.21. The second-order valence-corrected chi connectivity index (χ2v) is 4.97. The van der Waals surface area contributed by atoms with Gasteiger partial charge in [0.05, 0.1) is 19.4 Å². The normalized spacial score (nSPS) is 10.7. The lowest BCUT2D eigenvalue weighted by molar-refractivity contribution is 0.304. The van der Waals surface area contributed by atoms with Gasteiger partial charge in [0.1, 0.15) is 17.3 Å². The minimum Gasteiger partial charge on any atom is -0.494 e. The molecule has 1 N–H and O–H groups in total. The van der Waals surface area contributed by atoms with E-state index in [-0.39, 0.29) is 5.82 Å². The molecule has 0 aliphatic heterocycles. The highest BCUT2D eigenvalue weighted by atomic mass is 19.1. The molecule has 0 unspecified atom stereocenters. The van der Waals surface area contributed by atoms with Crippen molar-refractivity contribution in [2.45, 2.75) is 32.2 Å². The number of rotatable bonds is 10. The predicted octanol–water partition coefficient (Wildman–Crippen LogP) is 4.15. The van der Waals surface area contributed by atoms with E-state index >= 15 is 0 Å². The number of furan rings is 1. The molecule has 0 saturated heterocycles. The summed E-state index contributed by atoms with van der Waals surface area (Å²) >= 11 is 0. The van der Waals surface area contributed by atoms with Gasteiger partial charge in [0.15, 0.2) is 0 Å². The summed E-state index contributed by atoms with van der Waals surface area (Å²) < 4.78 is 23.5. The van der Waals surface area contributed by atoms with Gasteiger partial charge < -0.3 is 14.5 Å². The third-order valence-corrected chi connectivity index (χ3v) is 3.21. The van der Waals surface area contributed by atoms with Gasteiger partial charge >= 0.3 is 0 Å². The standard InChI is InChI=1S/C17H22FNO2/c18-15-7-9-16(10-8-15)20-12-4-2-1-3-11-19-14-17-6-5-13-21-17/h5-10,13,19H,1-4,11-12,14H2. The Morgan fingerprint density at radius 2 is 1.81 bits per heavy atom. The summed E-state index contributed by atoms with van der Waals surface area (Å²) in [6.07, 6.45) is 6.19. The fourth-order valence-corrected chi connectivity index (χ4v) is 2.05. The molecule has 0 amide bonds. The van der Waals surface area contributed by atoms with E-state index in [9.17, 15) is 4.39 Å². The molecule has 0 atom stereocenters. The van der Waals surface area contributed by atoms with Crippen LogP contribution in [-0.4, -0.2) is 13.2 Å². The molecule has 21 heavy (non-hydrogen) atoms. The maximum Gasteiger partial charge on any atom is 0.123 e. The zero-order valence-corrected chi connectivity index (χ0v) is 12.2. The predicted molar refractivity (Wildman–Crippen MR) is 80.8 cm³/mol. The molecule has 3 nitrogen and oxygen atoms in total. The van der Waals surface area contributed by atoms with Gasteiger partial charge in [0.25, 0.3) is 0 Å². The molecular formula is C17H22FNO2. The molecule has 1 aromatic heterocycles. The van der Waals surface area contributed by atoms with Gasteiger partial charge in [-0.3, -0.25) is 0 Å². The van der Waals surface area contributed by atoms with Gasteiger partial charge in [0.2, 0.25) is 0 Å². The number of unbranched alkanes of at least 4 members (excludes halogenated alkanes) is 3. The Hall–Kier alpha value is -1.81. The van der Waals surface area contributed by atoms with Crippen LogP contribution in [0.4, 0.5) is 4.39 Å². The van der Waals surface area contributed by atoms with Gasteiger partial charge in [-0.1, -0.05) is 12.8 Å². The van der Waals surface area contributed by atoms with Crippen LogP contribution in [0.5, 0.6) is 5.75 Å². The van der Waals surface area contributed by atoms with Crippen molar-refractivity contribution in [1.29, 1.82) is 0 Å². The van der Waals surface area contributed by atoms with E-state index in [1.54, 1.807) is 18.4 Å². The summed E-state index contributed by atoms with van der Waals surface area (Å²) in [6, 6.07) is 10.0.